The van der Waals surface area contributed by atoms with Crippen molar-refractivity contribution in [2.75, 3.05) is 19.0 Å². The molecule has 0 bridgehead atoms. The minimum atomic E-state index is -0.332. The number of pyridine rings is 1. The first-order chi connectivity index (χ1) is 8.19. The van der Waals surface area contributed by atoms with Gasteiger partial charge in [0.05, 0.1) is 6.20 Å². The summed E-state index contributed by atoms with van der Waals surface area (Å²) < 4.78 is 19.4. The van der Waals surface area contributed by atoms with Gasteiger partial charge in [-0.3, -0.25) is 0 Å². The molecule has 6 heteroatoms. The summed E-state index contributed by atoms with van der Waals surface area (Å²) in [6.07, 6.45) is 2.16. The third kappa shape index (κ3) is 2.91. The molecule has 0 aliphatic carbocycles. The summed E-state index contributed by atoms with van der Waals surface area (Å²) in [6, 6.07) is 3.16. The Morgan fingerprint density at radius 2 is 2.35 bits per heavy atom. The summed E-state index contributed by atoms with van der Waals surface area (Å²) in [5.74, 6) is 0.167. The molecule has 0 spiro atoms. The third-order valence-corrected chi connectivity index (χ3v) is 2.43. The first-order valence-corrected chi connectivity index (χ1v) is 5.46. The number of anilines is 1. The van der Waals surface area contributed by atoms with Gasteiger partial charge in [0.15, 0.2) is 5.65 Å². The van der Waals surface area contributed by atoms with Gasteiger partial charge in [-0.25, -0.2) is 8.91 Å². The van der Waals surface area contributed by atoms with Crippen LogP contribution in [-0.2, 0) is 4.74 Å². The SMILES string of the molecule is COCCC(C)Nc1nc2ccc(F)cn2n1. The lowest BCUT2D eigenvalue weighted by Crippen LogP contribution is -2.18. The molecule has 17 heavy (non-hydrogen) atoms. The molecule has 0 aliphatic rings. The van der Waals surface area contributed by atoms with E-state index in [9.17, 15) is 4.39 Å². The van der Waals surface area contributed by atoms with Crippen molar-refractivity contribution in [1.29, 1.82) is 0 Å². The van der Waals surface area contributed by atoms with E-state index in [0.717, 1.165) is 6.42 Å². The highest BCUT2D eigenvalue weighted by Gasteiger charge is 2.07. The zero-order valence-electron chi connectivity index (χ0n) is 9.85. The Balaban J connectivity index is 2.08. The van der Waals surface area contributed by atoms with Crippen LogP contribution in [0, 0.1) is 5.82 Å². The van der Waals surface area contributed by atoms with Crippen LogP contribution in [0.25, 0.3) is 5.65 Å². The van der Waals surface area contributed by atoms with Crippen molar-refractivity contribution in [2.45, 2.75) is 19.4 Å². The van der Waals surface area contributed by atoms with Crippen molar-refractivity contribution in [2.24, 2.45) is 0 Å². The number of methoxy groups -OCH3 is 1. The van der Waals surface area contributed by atoms with Crippen LogP contribution < -0.4 is 5.32 Å². The molecule has 0 saturated carbocycles. The summed E-state index contributed by atoms with van der Waals surface area (Å²) in [5, 5.41) is 7.28. The summed E-state index contributed by atoms with van der Waals surface area (Å²) >= 11 is 0. The maximum absolute atomic E-state index is 12.9. The minimum absolute atomic E-state index is 0.206. The van der Waals surface area contributed by atoms with Gasteiger partial charge in [0.1, 0.15) is 5.82 Å². The monoisotopic (exact) mass is 238 g/mol. The standard InChI is InChI=1S/C11H15FN4O/c1-8(5-6-17-2)13-11-14-10-4-3-9(12)7-16(10)15-11/h3-4,7-8H,5-6H2,1-2H3,(H,13,15). The van der Waals surface area contributed by atoms with E-state index >= 15 is 0 Å². The maximum Gasteiger partial charge on any atom is 0.243 e. The summed E-state index contributed by atoms with van der Waals surface area (Å²) in [5.41, 5.74) is 0.618. The molecule has 1 atom stereocenters. The molecule has 92 valence electrons. The average Bonchev–Trinajstić information content (AvgIpc) is 2.67. The van der Waals surface area contributed by atoms with Gasteiger partial charge in [-0.15, -0.1) is 5.10 Å². The zero-order chi connectivity index (χ0) is 12.3. The summed E-state index contributed by atoms with van der Waals surface area (Å²) in [6.45, 7) is 2.70. The van der Waals surface area contributed by atoms with E-state index < -0.39 is 0 Å². The van der Waals surface area contributed by atoms with Gasteiger partial charge < -0.3 is 10.1 Å². The van der Waals surface area contributed by atoms with Crippen molar-refractivity contribution in [1.82, 2.24) is 14.6 Å². The highest BCUT2D eigenvalue weighted by Crippen LogP contribution is 2.08. The Hall–Kier alpha value is -1.69. The fourth-order valence-corrected chi connectivity index (χ4v) is 1.51. The van der Waals surface area contributed by atoms with Crippen LogP contribution in [0.3, 0.4) is 0 Å². The number of nitrogens with zero attached hydrogens (tertiary/aromatic N) is 3. The number of hydrogen-bond donors (Lipinski definition) is 1. The van der Waals surface area contributed by atoms with E-state index in [2.05, 4.69) is 15.4 Å². The number of hydrogen-bond acceptors (Lipinski definition) is 4. The molecule has 0 radical (unpaired) electrons. The molecule has 2 rings (SSSR count). The van der Waals surface area contributed by atoms with Gasteiger partial charge in [-0.05, 0) is 25.5 Å². The molecule has 0 saturated heterocycles. The predicted octanol–water partition coefficient (Wildman–Crippen LogP) is 1.71. The smallest absolute Gasteiger partial charge is 0.243 e. The number of ether oxygens (including phenoxy) is 1. The quantitative estimate of drug-likeness (QED) is 0.861. The second-order valence-corrected chi connectivity index (χ2v) is 3.91. The van der Waals surface area contributed by atoms with Crippen molar-refractivity contribution < 1.29 is 9.13 Å². The van der Waals surface area contributed by atoms with Crippen LogP contribution in [0.15, 0.2) is 18.3 Å². The number of aromatic nitrogens is 3. The fourth-order valence-electron chi connectivity index (χ4n) is 1.51. The lowest BCUT2D eigenvalue weighted by atomic mass is 10.2. The van der Waals surface area contributed by atoms with Crippen LogP contribution in [0.1, 0.15) is 13.3 Å². The van der Waals surface area contributed by atoms with Crippen LogP contribution >= 0.6 is 0 Å². The molecule has 0 amide bonds. The number of nitrogens with one attached hydrogen (secondary N) is 1. The van der Waals surface area contributed by atoms with Gasteiger partial charge in [0.2, 0.25) is 5.95 Å². The molecule has 2 heterocycles. The molecule has 1 N–H and O–H groups in total. The lowest BCUT2D eigenvalue weighted by molar-refractivity contribution is 0.191. The molecule has 2 aromatic heterocycles. The topological polar surface area (TPSA) is 51.5 Å². The highest BCUT2D eigenvalue weighted by molar-refractivity contribution is 5.43. The van der Waals surface area contributed by atoms with Crippen LogP contribution in [0.4, 0.5) is 10.3 Å². The molecular formula is C11H15FN4O. The Morgan fingerprint density at radius 3 is 3.12 bits per heavy atom. The number of fused-ring (bicyclic) bond motifs is 1. The number of halogens is 1. The first kappa shape index (κ1) is 11.8. The second-order valence-electron chi connectivity index (χ2n) is 3.91. The Morgan fingerprint density at radius 1 is 1.53 bits per heavy atom. The molecule has 0 fully saturated rings. The summed E-state index contributed by atoms with van der Waals surface area (Å²) in [7, 11) is 1.67. The lowest BCUT2D eigenvalue weighted by Gasteiger charge is -2.10. The van der Waals surface area contributed by atoms with Crippen LogP contribution in [-0.4, -0.2) is 34.4 Å². The van der Waals surface area contributed by atoms with Crippen molar-refractivity contribution >= 4 is 11.6 Å². The number of rotatable bonds is 5. The zero-order valence-corrected chi connectivity index (χ0v) is 9.85. The predicted molar refractivity (Wildman–Crippen MR) is 62.5 cm³/mol. The molecular weight excluding hydrogens is 223 g/mol. The normalized spacial score (nSPS) is 12.9. The third-order valence-electron chi connectivity index (χ3n) is 2.43. The van der Waals surface area contributed by atoms with E-state index in [1.807, 2.05) is 6.92 Å². The second kappa shape index (κ2) is 5.09. The Labute approximate surface area is 98.6 Å². The Kier molecular flexibility index (Phi) is 3.53. The fraction of sp³-hybridized carbons (Fsp3) is 0.455. The summed E-state index contributed by atoms with van der Waals surface area (Å²) in [4.78, 5) is 4.24. The van der Waals surface area contributed by atoms with Gasteiger partial charge >= 0.3 is 0 Å². The van der Waals surface area contributed by atoms with Gasteiger partial charge in [0.25, 0.3) is 0 Å². The van der Waals surface area contributed by atoms with Crippen LogP contribution in [0.5, 0.6) is 0 Å². The largest absolute Gasteiger partial charge is 0.385 e. The van der Waals surface area contributed by atoms with Gasteiger partial charge in [0, 0.05) is 19.8 Å². The molecule has 2 aromatic rings. The van der Waals surface area contributed by atoms with Crippen molar-refractivity contribution in [3.05, 3.63) is 24.1 Å². The maximum atomic E-state index is 12.9. The van der Waals surface area contributed by atoms with E-state index in [0.29, 0.717) is 18.2 Å². The first-order valence-electron chi connectivity index (χ1n) is 5.46. The van der Waals surface area contributed by atoms with Gasteiger partial charge in [-0.2, -0.15) is 4.98 Å². The molecule has 0 aromatic carbocycles. The highest BCUT2D eigenvalue weighted by atomic mass is 19.1. The van der Waals surface area contributed by atoms with Gasteiger partial charge in [-0.1, -0.05) is 0 Å². The average molecular weight is 238 g/mol. The van der Waals surface area contributed by atoms with E-state index in [-0.39, 0.29) is 11.9 Å². The van der Waals surface area contributed by atoms with Crippen LogP contribution in [0.2, 0.25) is 0 Å². The Bertz CT molecular complexity index is 499. The molecule has 1 unspecified atom stereocenters. The molecule has 5 nitrogen and oxygen atoms in total. The van der Waals surface area contributed by atoms with E-state index in [1.54, 1.807) is 13.2 Å². The van der Waals surface area contributed by atoms with Crippen molar-refractivity contribution in [3.63, 3.8) is 0 Å². The minimum Gasteiger partial charge on any atom is -0.385 e. The van der Waals surface area contributed by atoms with Crippen molar-refractivity contribution in [3.8, 4) is 0 Å². The van der Waals surface area contributed by atoms with E-state index in [1.165, 1.54) is 16.8 Å². The van der Waals surface area contributed by atoms with E-state index in [4.69, 9.17) is 4.74 Å². The molecule has 0 aliphatic heterocycles.